The number of likely N-dealkylation sites (N-methyl/N-ethyl adjacent to an activating group) is 1. The van der Waals surface area contributed by atoms with Gasteiger partial charge in [-0.15, -0.1) is 0 Å². The second-order valence-corrected chi connectivity index (χ2v) is 5.02. The molecule has 0 saturated heterocycles. The second kappa shape index (κ2) is 8.32. The van der Waals surface area contributed by atoms with Gasteiger partial charge < -0.3 is 15.1 Å². The molecule has 2 rings (SSSR count). The summed E-state index contributed by atoms with van der Waals surface area (Å²) < 4.78 is 1.70. The van der Waals surface area contributed by atoms with Gasteiger partial charge in [-0.25, -0.2) is 0 Å². The summed E-state index contributed by atoms with van der Waals surface area (Å²) in [6.45, 7) is 3.77. The zero-order valence-corrected chi connectivity index (χ0v) is 12.9. The van der Waals surface area contributed by atoms with Crippen LogP contribution in [0.15, 0.2) is 48.8 Å². The minimum Gasteiger partial charge on any atom is -0.395 e. The summed E-state index contributed by atoms with van der Waals surface area (Å²) in [6.07, 6.45) is 7.79. The maximum atomic E-state index is 9.06. The molecule has 22 heavy (non-hydrogen) atoms. The Morgan fingerprint density at radius 3 is 2.05 bits per heavy atom. The lowest BCUT2D eigenvalue weighted by molar-refractivity contribution is -0.729. The summed E-state index contributed by atoms with van der Waals surface area (Å²) in [5.41, 5.74) is 3.34. The molecule has 0 unspecified atom stereocenters. The molecular weight excluding hydrogens is 276 g/mol. The molecule has 0 aliphatic carbocycles. The van der Waals surface area contributed by atoms with Gasteiger partial charge in [0.15, 0.2) is 12.4 Å². The molecule has 1 aromatic heterocycles. The fourth-order valence-corrected chi connectivity index (χ4v) is 2.25. The third kappa shape index (κ3) is 4.41. The number of anilines is 1. The fourth-order valence-electron chi connectivity index (χ4n) is 2.25. The summed E-state index contributed by atoms with van der Waals surface area (Å²) in [5, 5.41) is 18.1. The van der Waals surface area contributed by atoms with Gasteiger partial charge in [0, 0.05) is 30.9 Å². The van der Waals surface area contributed by atoms with Crippen molar-refractivity contribution in [2.45, 2.75) is 13.7 Å². The van der Waals surface area contributed by atoms with E-state index in [1.165, 1.54) is 0 Å². The standard InChI is InChI=1S/C18H23N2O2/c1-2-20(13-14-21)18-7-5-16(6-8-18)3-4-17-9-11-19(15-22)12-10-17/h3-12,21-22H,2,13-15H2,1H3/q+1. The Morgan fingerprint density at radius 1 is 0.955 bits per heavy atom. The van der Waals surface area contributed by atoms with E-state index in [0.717, 1.165) is 23.4 Å². The Bertz CT molecular complexity index is 591. The van der Waals surface area contributed by atoms with Crippen molar-refractivity contribution >= 4 is 17.8 Å². The highest BCUT2D eigenvalue weighted by Gasteiger charge is 2.02. The van der Waals surface area contributed by atoms with Crippen LogP contribution in [0.4, 0.5) is 5.69 Å². The van der Waals surface area contributed by atoms with Gasteiger partial charge in [0.1, 0.15) is 0 Å². The number of pyridine rings is 1. The number of benzene rings is 1. The Hall–Kier alpha value is -2.17. The molecule has 0 bridgehead atoms. The van der Waals surface area contributed by atoms with E-state index in [1.807, 2.05) is 30.6 Å². The van der Waals surface area contributed by atoms with Crippen molar-refractivity contribution < 1.29 is 14.8 Å². The third-order valence-electron chi connectivity index (χ3n) is 3.56. The van der Waals surface area contributed by atoms with Crippen LogP contribution in [0.3, 0.4) is 0 Å². The monoisotopic (exact) mass is 299 g/mol. The molecular formula is C18H23N2O2+. The average Bonchev–Trinajstić information content (AvgIpc) is 2.59. The quantitative estimate of drug-likeness (QED) is 0.768. The van der Waals surface area contributed by atoms with Crippen molar-refractivity contribution in [3.05, 3.63) is 59.9 Å². The van der Waals surface area contributed by atoms with Crippen molar-refractivity contribution in [3.63, 3.8) is 0 Å². The topological polar surface area (TPSA) is 47.6 Å². The van der Waals surface area contributed by atoms with Crippen LogP contribution in [-0.2, 0) is 6.73 Å². The van der Waals surface area contributed by atoms with Crippen molar-refractivity contribution in [1.29, 1.82) is 0 Å². The molecule has 0 radical (unpaired) electrons. The second-order valence-electron chi connectivity index (χ2n) is 5.02. The van der Waals surface area contributed by atoms with E-state index in [-0.39, 0.29) is 13.3 Å². The van der Waals surface area contributed by atoms with Crippen LogP contribution in [-0.4, -0.2) is 29.9 Å². The summed E-state index contributed by atoms with van der Waals surface area (Å²) >= 11 is 0. The van der Waals surface area contributed by atoms with Crippen LogP contribution in [0, 0.1) is 0 Å². The zero-order valence-electron chi connectivity index (χ0n) is 12.9. The van der Waals surface area contributed by atoms with Gasteiger partial charge in [0.2, 0.25) is 6.73 Å². The van der Waals surface area contributed by atoms with Gasteiger partial charge in [-0.1, -0.05) is 24.3 Å². The molecule has 1 heterocycles. The molecule has 116 valence electrons. The third-order valence-corrected chi connectivity index (χ3v) is 3.56. The van der Waals surface area contributed by atoms with Gasteiger partial charge >= 0.3 is 0 Å². The van der Waals surface area contributed by atoms with Crippen LogP contribution in [0.2, 0.25) is 0 Å². The van der Waals surface area contributed by atoms with Crippen molar-refractivity contribution in [3.8, 4) is 0 Å². The van der Waals surface area contributed by atoms with Crippen LogP contribution in [0.5, 0.6) is 0 Å². The van der Waals surface area contributed by atoms with Gasteiger partial charge in [-0.3, -0.25) is 0 Å². The lowest BCUT2D eigenvalue weighted by Crippen LogP contribution is -2.32. The lowest BCUT2D eigenvalue weighted by atomic mass is 10.1. The largest absolute Gasteiger partial charge is 0.395 e. The van der Waals surface area contributed by atoms with Crippen LogP contribution in [0.25, 0.3) is 12.2 Å². The number of aliphatic hydroxyl groups excluding tert-OH is 2. The lowest BCUT2D eigenvalue weighted by Gasteiger charge is -2.21. The number of hydrogen-bond donors (Lipinski definition) is 2. The molecule has 1 aromatic carbocycles. The number of rotatable bonds is 7. The Morgan fingerprint density at radius 2 is 1.55 bits per heavy atom. The Balaban J connectivity index is 2.05. The van der Waals surface area contributed by atoms with Crippen molar-refractivity contribution in [2.24, 2.45) is 0 Å². The molecule has 0 spiro atoms. The Kier molecular flexibility index (Phi) is 6.13. The first-order valence-electron chi connectivity index (χ1n) is 7.50. The van der Waals surface area contributed by atoms with Gasteiger partial charge in [0.25, 0.3) is 0 Å². The molecule has 2 N–H and O–H groups in total. The van der Waals surface area contributed by atoms with Crippen molar-refractivity contribution in [1.82, 2.24) is 0 Å². The van der Waals surface area contributed by atoms with E-state index in [0.29, 0.717) is 6.54 Å². The predicted molar refractivity (Wildman–Crippen MR) is 89.2 cm³/mol. The molecule has 4 heteroatoms. The molecule has 0 aliphatic rings. The smallest absolute Gasteiger partial charge is 0.250 e. The van der Waals surface area contributed by atoms with E-state index in [4.69, 9.17) is 10.2 Å². The number of hydrogen-bond acceptors (Lipinski definition) is 3. The van der Waals surface area contributed by atoms with E-state index in [9.17, 15) is 0 Å². The van der Waals surface area contributed by atoms with E-state index < -0.39 is 0 Å². The highest BCUT2D eigenvalue weighted by atomic mass is 16.3. The van der Waals surface area contributed by atoms with E-state index in [2.05, 4.69) is 42.2 Å². The predicted octanol–water partition coefficient (Wildman–Crippen LogP) is 1.91. The number of aromatic nitrogens is 1. The highest BCUT2D eigenvalue weighted by Crippen LogP contribution is 2.16. The first-order chi connectivity index (χ1) is 10.8. The summed E-state index contributed by atoms with van der Waals surface area (Å²) in [7, 11) is 0. The molecule has 2 aromatic rings. The maximum Gasteiger partial charge on any atom is 0.250 e. The Labute approximate surface area is 131 Å². The summed E-state index contributed by atoms with van der Waals surface area (Å²) in [5.74, 6) is 0. The number of nitrogens with zero attached hydrogens (tertiary/aromatic N) is 2. The number of aliphatic hydroxyl groups is 2. The van der Waals surface area contributed by atoms with E-state index in [1.54, 1.807) is 4.57 Å². The summed E-state index contributed by atoms with van der Waals surface area (Å²) in [6, 6.07) is 12.2. The average molecular weight is 299 g/mol. The minimum atomic E-state index is -0.00672. The van der Waals surface area contributed by atoms with E-state index >= 15 is 0 Å². The van der Waals surface area contributed by atoms with Crippen molar-refractivity contribution in [2.75, 3.05) is 24.6 Å². The van der Waals surface area contributed by atoms with Crippen LogP contribution < -0.4 is 9.47 Å². The van der Waals surface area contributed by atoms with Gasteiger partial charge in [-0.05, 0) is 30.2 Å². The van der Waals surface area contributed by atoms with Gasteiger partial charge in [0.05, 0.1) is 6.61 Å². The highest BCUT2D eigenvalue weighted by molar-refractivity contribution is 5.70. The molecule has 0 fully saturated rings. The first-order valence-corrected chi connectivity index (χ1v) is 7.50. The maximum absolute atomic E-state index is 9.06. The van der Waals surface area contributed by atoms with Gasteiger partial charge in [-0.2, -0.15) is 4.57 Å². The summed E-state index contributed by atoms with van der Waals surface area (Å²) in [4.78, 5) is 2.14. The fraction of sp³-hybridized carbons (Fsp3) is 0.278. The molecule has 0 atom stereocenters. The van der Waals surface area contributed by atoms with Crippen LogP contribution in [0.1, 0.15) is 18.1 Å². The molecule has 4 nitrogen and oxygen atoms in total. The molecule has 0 amide bonds. The normalized spacial score (nSPS) is 11.0. The first kappa shape index (κ1) is 16.2. The molecule has 0 saturated carbocycles. The minimum absolute atomic E-state index is 0.00672. The zero-order chi connectivity index (χ0) is 15.8. The molecule has 0 aliphatic heterocycles. The van der Waals surface area contributed by atoms with Crippen LogP contribution >= 0.6 is 0 Å². The SMILES string of the molecule is CCN(CCO)c1ccc(/C=C/c2cc[n+](CO)cc2)cc1.